The smallest absolute Gasteiger partial charge is 0.262 e. The van der Waals surface area contributed by atoms with Crippen molar-refractivity contribution in [2.45, 2.75) is 19.4 Å². The first kappa shape index (κ1) is 12.4. The highest BCUT2D eigenvalue weighted by Crippen LogP contribution is 2.30. The van der Waals surface area contributed by atoms with Crippen molar-refractivity contribution >= 4 is 23.2 Å². The van der Waals surface area contributed by atoms with Crippen molar-refractivity contribution in [3.8, 4) is 5.75 Å². The summed E-state index contributed by atoms with van der Waals surface area (Å²) in [5.74, 6) is 0.129. The molecule has 1 aromatic carbocycles. The highest BCUT2D eigenvalue weighted by Gasteiger charge is 2.17. The summed E-state index contributed by atoms with van der Waals surface area (Å²) in [6.45, 7) is 1.85. The van der Waals surface area contributed by atoms with Crippen molar-refractivity contribution in [2.24, 2.45) is 5.73 Å². The molecule has 0 aliphatic carbocycles. The third-order valence-corrected chi connectivity index (χ3v) is 2.66. The van der Waals surface area contributed by atoms with Gasteiger partial charge in [-0.1, -0.05) is 6.92 Å². The van der Waals surface area contributed by atoms with E-state index in [2.05, 4.69) is 10.6 Å². The van der Waals surface area contributed by atoms with Crippen LogP contribution in [0.2, 0.25) is 0 Å². The molecule has 0 unspecified atom stereocenters. The molecule has 0 aromatic heterocycles. The number of carbonyl (C=O) groups excluding carboxylic acids is 2. The molecule has 96 valence electrons. The molecule has 1 aliphatic heterocycles. The minimum atomic E-state index is -0.535. The second-order valence-corrected chi connectivity index (χ2v) is 4.05. The molecule has 18 heavy (non-hydrogen) atoms. The maximum absolute atomic E-state index is 11.6. The molecule has 6 heteroatoms. The van der Waals surface area contributed by atoms with Crippen molar-refractivity contribution < 1.29 is 14.3 Å². The Kier molecular flexibility index (Phi) is 3.47. The number of hydrogen-bond donors (Lipinski definition) is 3. The number of rotatable bonds is 3. The molecule has 0 spiro atoms. The second kappa shape index (κ2) is 5.05. The largest absolute Gasteiger partial charge is 0.482 e. The van der Waals surface area contributed by atoms with Gasteiger partial charge in [0.05, 0.1) is 11.7 Å². The number of nitrogens with two attached hydrogens (primary N) is 1. The summed E-state index contributed by atoms with van der Waals surface area (Å²) in [4.78, 5) is 22.8. The Morgan fingerprint density at radius 2 is 2.39 bits per heavy atom. The van der Waals surface area contributed by atoms with Gasteiger partial charge in [0.2, 0.25) is 5.91 Å². The van der Waals surface area contributed by atoms with E-state index in [0.717, 1.165) is 0 Å². The minimum absolute atomic E-state index is 0.0133. The van der Waals surface area contributed by atoms with Crippen LogP contribution >= 0.6 is 0 Å². The summed E-state index contributed by atoms with van der Waals surface area (Å²) >= 11 is 0. The van der Waals surface area contributed by atoms with Gasteiger partial charge in [-0.3, -0.25) is 9.59 Å². The molecule has 1 atom stereocenters. The highest BCUT2D eigenvalue weighted by molar-refractivity contribution is 5.98. The Morgan fingerprint density at radius 3 is 3.11 bits per heavy atom. The van der Waals surface area contributed by atoms with E-state index in [9.17, 15) is 9.59 Å². The maximum Gasteiger partial charge on any atom is 0.262 e. The average Bonchev–Trinajstić information content (AvgIpc) is 2.37. The number of hydrogen-bond acceptors (Lipinski definition) is 4. The zero-order valence-corrected chi connectivity index (χ0v) is 10.0. The van der Waals surface area contributed by atoms with Crippen LogP contribution in [0.15, 0.2) is 18.2 Å². The van der Waals surface area contributed by atoms with Crippen LogP contribution in [0.4, 0.5) is 11.4 Å². The molecule has 2 rings (SSSR count). The van der Waals surface area contributed by atoms with Crippen molar-refractivity contribution in [3.05, 3.63) is 18.2 Å². The van der Waals surface area contributed by atoms with Gasteiger partial charge in [0.15, 0.2) is 6.61 Å². The van der Waals surface area contributed by atoms with Gasteiger partial charge in [-0.05, 0) is 24.6 Å². The normalized spacial score (nSPS) is 15.1. The lowest BCUT2D eigenvalue weighted by Gasteiger charge is -2.19. The van der Waals surface area contributed by atoms with Crippen molar-refractivity contribution in [1.29, 1.82) is 0 Å². The van der Waals surface area contributed by atoms with Crippen LogP contribution in [0.1, 0.15) is 13.3 Å². The van der Waals surface area contributed by atoms with E-state index in [4.69, 9.17) is 10.5 Å². The zero-order chi connectivity index (χ0) is 13.1. The predicted molar refractivity (Wildman–Crippen MR) is 67.5 cm³/mol. The summed E-state index contributed by atoms with van der Waals surface area (Å²) in [7, 11) is 0. The van der Waals surface area contributed by atoms with E-state index in [1.807, 2.05) is 6.92 Å². The molecule has 0 saturated heterocycles. The number of carbonyl (C=O) groups is 2. The standard InChI is InChI=1S/C12H15N3O3/c1-2-8(13)12(17)14-7-3-4-10-9(5-7)15-11(16)6-18-10/h3-5,8H,2,6,13H2,1H3,(H,14,17)(H,15,16)/t8-/m1/s1. The van der Waals surface area contributed by atoms with Crippen molar-refractivity contribution in [3.63, 3.8) is 0 Å². The Hall–Kier alpha value is -2.08. The molecule has 2 amide bonds. The summed E-state index contributed by atoms with van der Waals surface area (Å²) in [6.07, 6.45) is 0.566. The van der Waals surface area contributed by atoms with Gasteiger partial charge in [-0.2, -0.15) is 0 Å². The van der Waals surface area contributed by atoms with Gasteiger partial charge < -0.3 is 21.1 Å². The molecule has 1 aromatic rings. The molecule has 0 radical (unpaired) electrons. The van der Waals surface area contributed by atoms with Gasteiger partial charge in [-0.15, -0.1) is 0 Å². The van der Waals surface area contributed by atoms with Crippen molar-refractivity contribution in [1.82, 2.24) is 0 Å². The van der Waals surface area contributed by atoms with Crippen LogP contribution in [0.25, 0.3) is 0 Å². The summed E-state index contributed by atoms with van der Waals surface area (Å²) in [6, 6.07) is 4.51. The van der Waals surface area contributed by atoms with Crippen LogP contribution in [-0.2, 0) is 9.59 Å². The average molecular weight is 249 g/mol. The van der Waals surface area contributed by atoms with E-state index >= 15 is 0 Å². The summed E-state index contributed by atoms with van der Waals surface area (Å²) < 4.78 is 5.21. The van der Waals surface area contributed by atoms with Gasteiger partial charge in [0, 0.05) is 5.69 Å². The molecular weight excluding hydrogens is 234 g/mol. The third kappa shape index (κ3) is 2.60. The van der Waals surface area contributed by atoms with Crippen LogP contribution in [0.3, 0.4) is 0 Å². The van der Waals surface area contributed by atoms with Gasteiger partial charge in [0.25, 0.3) is 5.91 Å². The SMILES string of the molecule is CC[C@@H](N)C(=O)Nc1ccc2c(c1)NC(=O)CO2. The summed E-state index contributed by atoms with van der Waals surface area (Å²) in [5, 5.41) is 5.36. The Morgan fingerprint density at radius 1 is 1.61 bits per heavy atom. The van der Waals surface area contributed by atoms with Crippen LogP contribution < -0.4 is 21.1 Å². The monoisotopic (exact) mass is 249 g/mol. The highest BCUT2D eigenvalue weighted by atomic mass is 16.5. The van der Waals surface area contributed by atoms with Crippen LogP contribution in [0, 0.1) is 0 Å². The lowest BCUT2D eigenvalue weighted by atomic mass is 10.2. The molecule has 4 N–H and O–H groups in total. The van der Waals surface area contributed by atoms with Crippen LogP contribution in [0.5, 0.6) is 5.75 Å². The molecule has 1 heterocycles. The first-order chi connectivity index (χ1) is 8.60. The first-order valence-electron chi connectivity index (χ1n) is 5.73. The van der Waals surface area contributed by atoms with E-state index in [0.29, 0.717) is 23.5 Å². The molecule has 0 bridgehead atoms. The second-order valence-electron chi connectivity index (χ2n) is 4.05. The lowest BCUT2D eigenvalue weighted by Crippen LogP contribution is -2.34. The van der Waals surface area contributed by atoms with Gasteiger partial charge in [-0.25, -0.2) is 0 Å². The Bertz CT molecular complexity index is 487. The van der Waals surface area contributed by atoms with E-state index in [-0.39, 0.29) is 18.4 Å². The zero-order valence-electron chi connectivity index (χ0n) is 10.0. The topological polar surface area (TPSA) is 93.5 Å². The van der Waals surface area contributed by atoms with Gasteiger partial charge >= 0.3 is 0 Å². The molecule has 6 nitrogen and oxygen atoms in total. The quantitative estimate of drug-likeness (QED) is 0.734. The van der Waals surface area contributed by atoms with E-state index in [1.165, 1.54) is 0 Å². The molecule has 1 aliphatic rings. The third-order valence-electron chi connectivity index (χ3n) is 2.66. The van der Waals surface area contributed by atoms with E-state index in [1.54, 1.807) is 18.2 Å². The number of nitrogens with one attached hydrogen (secondary N) is 2. The number of amides is 2. The number of ether oxygens (including phenoxy) is 1. The number of fused-ring (bicyclic) bond motifs is 1. The number of anilines is 2. The fraction of sp³-hybridized carbons (Fsp3) is 0.333. The maximum atomic E-state index is 11.6. The summed E-state index contributed by atoms with van der Waals surface area (Å²) in [5.41, 5.74) is 6.75. The Labute approximate surface area is 104 Å². The van der Waals surface area contributed by atoms with Gasteiger partial charge in [0.1, 0.15) is 5.75 Å². The molecule has 0 saturated carbocycles. The Balaban J connectivity index is 2.13. The first-order valence-corrected chi connectivity index (χ1v) is 5.73. The van der Waals surface area contributed by atoms with Crippen molar-refractivity contribution in [2.75, 3.05) is 17.2 Å². The molecule has 0 fully saturated rings. The minimum Gasteiger partial charge on any atom is -0.482 e. The molecular formula is C12H15N3O3. The fourth-order valence-electron chi connectivity index (χ4n) is 1.58. The van der Waals surface area contributed by atoms with E-state index < -0.39 is 6.04 Å². The van der Waals surface area contributed by atoms with Crippen LogP contribution in [-0.4, -0.2) is 24.5 Å². The lowest BCUT2D eigenvalue weighted by molar-refractivity contribution is -0.118. The number of benzene rings is 1. The predicted octanol–water partition coefficient (Wildman–Crippen LogP) is 0.693. The fourth-order valence-corrected chi connectivity index (χ4v) is 1.58.